The maximum absolute atomic E-state index is 6.66. The van der Waals surface area contributed by atoms with Crippen molar-refractivity contribution in [3.05, 3.63) is 253 Å². The molecule has 0 atom stereocenters. The van der Waals surface area contributed by atoms with Crippen molar-refractivity contribution >= 4 is 65.1 Å². The first-order valence-corrected chi connectivity index (χ1v) is 23.8. The molecule has 320 valence electrons. The monoisotopic (exact) mass is 887 g/mol. The Hall–Kier alpha value is -8.64. The van der Waals surface area contributed by atoms with Crippen molar-refractivity contribution in [3.63, 3.8) is 0 Å². The fourth-order valence-corrected chi connectivity index (χ4v) is 10.8. The molecule has 0 radical (unpaired) electrons. The Labute approximate surface area is 397 Å². The molecule has 1 aliphatic rings. The molecule has 0 bridgehead atoms. The molecule has 1 aliphatic heterocycles. The number of nitrogens with one attached hydrogen (secondary N) is 1. The predicted octanol–water partition coefficient (Wildman–Crippen LogP) is 16.8. The number of amidine groups is 2. The van der Waals surface area contributed by atoms with Crippen LogP contribution in [0, 0.1) is 0 Å². The first kappa shape index (κ1) is 39.7. The molecule has 0 amide bonds. The third kappa shape index (κ3) is 7.27. The van der Waals surface area contributed by atoms with E-state index < -0.39 is 6.17 Å². The molecule has 0 saturated heterocycles. The average molecular weight is 888 g/mol. The summed E-state index contributed by atoms with van der Waals surface area (Å²) in [4.78, 5) is 11.2. The molecule has 5 heteroatoms. The Morgan fingerprint density at radius 3 is 1.32 bits per heavy atom. The second-order valence-corrected chi connectivity index (χ2v) is 18.4. The summed E-state index contributed by atoms with van der Waals surface area (Å²) in [6, 6.07) is 84.2. The van der Waals surface area contributed by atoms with E-state index in [9.17, 15) is 0 Å². The summed E-state index contributed by atoms with van der Waals surface area (Å²) < 4.78 is 9.25. The van der Waals surface area contributed by atoms with Crippen molar-refractivity contribution in [2.24, 2.45) is 9.98 Å². The third-order valence-electron chi connectivity index (χ3n) is 13.1. The Balaban J connectivity index is 1.02. The lowest BCUT2D eigenvalue weighted by Crippen LogP contribution is -2.36. The Morgan fingerprint density at radius 2 is 0.779 bits per heavy atom. The number of benzene rings is 10. The molecule has 68 heavy (non-hydrogen) atoms. The number of hydrogen-bond donors (Lipinski definition) is 1. The Morgan fingerprint density at radius 1 is 0.324 bits per heavy atom. The number of hydrogen-bond acceptors (Lipinski definition) is 5. The number of furan rings is 1. The predicted molar refractivity (Wildman–Crippen MR) is 286 cm³/mol. The van der Waals surface area contributed by atoms with Crippen molar-refractivity contribution in [1.29, 1.82) is 0 Å². The minimum atomic E-state index is -0.607. The molecule has 13 rings (SSSR count). The quantitative estimate of drug-likeness (QED) is 0.165. The van der Waals surface area contributed by atoms with Crippen LogP contribution in [-0.4, -0.2) is 11.7 Å². The number of fused-ring (bicyclic) bond motifs is 6. The second-order valence-electron chi connectivity index (χ2n) is 17.4. The SMILES string of the molecule is c1ccc(-c2cc(C3=NC(c4cccc5oc6ccc(-c7ccc8sc9ccccc9c8c7)cc6c45)N=C(c4cc(-c5ccccc5)cc(-c5ccccc5)c4)N3)cc(-c3ccccc3)c2)cc1. The first-order chi connectivity index (χ1) is 33.6. The zero-order valence-corrected chi connectivity index (χ0v) is 37.6. The molecule has 0 aliphatic carbocycles. The molecule has 0 saturated carbocycles. The van der Waals surface area contributed by atoms with E-state index in [1.165, 1.54) is 20.2 Å². The van der Waals surface area contributed by atoms with Crippen LogP contribution in [0.4, 0.5) is 0 Å². The van der Waals surface area contributed by atoms with Crippen LogP contribution in [0.15, 0.2) is 251 Å². The van der Waals surface area contributed by atoms with Gasteiger partial charge in [0, 0.05) is 47.6 Å². The van der Waals surface area contributed by atoms with Gasteiger partial charge in [-0.2, -0.15) is 0 Å². The van der Waals surface area contributed by atoms with Gasteiger partial charge in [0.1, 0.15) is 22.8 Å². The lowest BCUT2D eigenvalue weighted by Gasteiger charge is -2.24. The smallest absolute Gasteiger partial charge is 0.170 e. The molecule has 0 spiro atoms. The van der Waals surface area contributed by atoms with Gasteiger partial charge in [-0.1, -0.05) is 164 Å². The van der Waals surface area contributed by atoms with Crippen LogP contribution in [0.25, 0.3) is 97.7 Å². The zero-order valence-electron chi connectivity index (χ0n) is 36.8. The Bertz CT molecular complexity index is 3670. The van der Waals surface area contributed by atoms with Crippen LogP contribution >= 0.6 is 11.3 Å². The van der Waals surface area contributed by atoms with Crippen molar-refractivity contribution in [1.82, 2.24) is 5.32 Å². The Kier molecular flexibility index (Phi) is 9.73. The summed E-state index contributed by atoms with van der Waals surface area (Å²) >= 11 is 1.84. The summed E-state index contributed by atoms with van der Waals surface area (Å²) in [5.41, 5.74) is 15.8. The van der Waals surface area contributed by atoms with Crippen LogP contribution in [0.2, 0.25) is 0 Å². The van der Waals surface area contributed by atoms with E-state index in [2.05, 4.69) is 242 Å². The van der Waals surface area contributed by atoms with E-state index >= 15 is 0 Å². The number of rotatable bonds is 8. The van der Waals surface area contributed by atoms with Crippen LogP contribution in [0.3, 0.4) is 0 Å². The van der Waals surface area contributed by atoms with Gasteiger partial charge in [0.2, 0.25) is 0 Å². The normalized spacial score (nSPS) is 12.9. The minimum Gasteiger partial charge on any atom is -0.456 e. The van der Waals surface area contributed by atoms with Gasteiger partial charge in [0.15, 0.2) is 6.17 Å². The summed E-state index contributed by atoms with van der Waals surface area (Å²) in [5, 5.41) is 8.42. The van der Waals surface area contributed by atoms with Crippen molar-refractivity contribution in [2.75, 3.05) is 0 Å². The van der Waals surface area contributed by atoms with Crippen LogP contribution in [0.1, 0.15) is 22.9 Å². The van der Waals surface area contributed by atoms with Gasteiger partial charge in [0.25, 0.3) is 0 Å². The molecule has 0 unspecified atom stereocenters. The van der Waals surface area contributed by atoms with Crippen LogP contribution in [0.5, 0.6) is 0 Å². The number of nitrogens with zero attached hydrogens (tertiary/aromatic N) is 2. The largest absolute Gasteiger partial charge is 0.456 e. The summed E-state index contributed by atoms with van der Waals surface area (Å²) in [7, 11) is 0. The first-order valence-electron chi connectivity index (χ1n) is 23.0. The number of aliphatic imine (C=N–C) groups is 2. The minimum absolute atomic E-state index is 0.607. The zero-order chi connectivity index (χ0) is 45.0. The molecule has 2 aromatic heterocycles. The average Bonchev–Trinajstić information content (AvgIpc) is 3.99. The van der Waals surface area contributed by atoms with Crippen molar-refractivity contribution < 1.29 is 4.42 Å². The van der Waals surface area contributed by atoms with Gasteiger partial charge in [-0.25, -0.2) is 9.98 Å². The molecule has 10 aromatic carbocycles. The highest BCUT2D eigenvalue weighted by Crippen LogP contribution is 2.41. The van der Waals surface area contributed by atoms with E-state index in [-0.39, 0.29) is 0 Å². The highest BCUT2D eigenvalue weighted by Gasteiger charge is 2.26. The topological polar surface area (TPSA) is 49.9 Å². The molecule has 12 aromatic rings. The second kappa shape index (κ2) is 16.7. The van der Waals surface area contributed by atoms with Gasteiger partial charge in [0.05, 0.1) is 0 Å². The molecular weight excluding hydrogens is 847 g/mol. The maximum Gasteiger partial charge on any atom is 0.170 e. The van der Waals surface area contributed by atoms with Crippen LogP contribution in [-0.2, 0) is 0 Å². The highest BCUT2D eigenvalue weighted by molar-refractivity contribution is 7.25. The molecular formula is C63H41N3OS. The van der Waals surface area contributed by atoms with Gasteiger partial charge < -0.3 is 9.73 Å². The van der Waals surface area contributed by atoms with Gasteiger partial charge >= 0.3 is 0 Å². The molecule has 3 heterocycles. The lowest BCUT2D eigenvalue weighted by molar-refractivity contribution is 0.667. The van der Waals surface area contributed by atoms with Gasteiger partial charge in [-0.15, -0.1) is 11.3 Å². The standard InChI is InChI=1S/C63H41N3OS/c1-5-16-40(17-6-1)46-32-47(41-18-7-2-8-19-41)35-50(34-46)61-64-62(51-36-48(42-20-9-3-10-21-42)33-49(37-51)43-22-11-4-12-23-43)66-63(65-61)53-25-15-26-57-60(53)55-39-44(28-30-56(55)67-57)45-29-31-59-54(38-45)52-24-13-14-27-58(52)68-59/h1-39,63H,(H,64,65,66). The van der Waals surface area contributed by atoms with Gasteiger partial charge in [-0.3, -0.25) is 0 Å². The van der Waals surface area contributed by atoms with Gasteiger partial charge in [-0.05, 0) is 128 Å². The van der Waals surface area contributed by atoms with E-state index in [1.807, 2.05) is 11.3 Å². The van der Waals surface area contributed by atoms with Crippen molar-refractivity contribution in [2.45, 2.75) is 6.17 Å². The summed E-state index contributed by atoms with van der Waals surface area (Å²) in [6.45, 7) is 0. The molecule has 1 N–H and O–H groups in total. The number of thiophene rings is 1. The maximum atomic E-state index is 6.66. The molecule has 0 fully saturated rings. The summed E-state index contributed by atoms with van der Waals surface area (Å²) in [6.07, 6.45) is -0.607. The third-order valence-corrected chi connectivity index (χ3v) is 14.2. The van der Waals surface area contributed by atoms with E-state index in [0.29, 0.717) is 0 Å². The summed E-state index contributed by atoms with van der Waals surface area (Å²) in [5.74, 6) is 1.48. The highest BCUT2D eigenvalue weighted by atomic mass is 32.1. The lowest BCUT2D eigenvalue weighted by atomic mass is 9.94. The van der Waals surface area contributed by atoms with Crippen molar-refractivity contribution in [3.8, 4) is 55.6 Å². The van der Waals surface area contributed by atoms with E-state index in [1.54, 1.807) is 0 Å². The fraction of sp³-hybridized carbons (Fsp3) is 0.0159. The molecule has 4 nitrogen and oxygen atoms in total. The van der Waals surface area contributed by atoms with E-state index in [0.717, 1.165) is 106 Å². The fourth-order valence-electron chi connectivity index (χ4n) is 9.75. The van der Waals surface area contributed by atoms with E-state index in [4.69, 9.17) is 14.4 Å². The van der Waals surface area contributed by atoms with Crippen LogP contribution < -0.4 is 5.32 Å².